The van der Waals surface area contributed by atoms with Gasteiger partial charge in [0.1, 0.15) is 30.0 Å². The van der Waals surface area contributed by atoms with Crippen LogP contribution in [0.25, 0.3) is 10.9 Å². The van der Waals surface area contributed by atoms with Crippen LogP contribution < -0.4 is 38.2 Å². The Morgan fingerprint density at radius 1 is 1.02 bits per heavy atom. The second-order valence-corrected chi connectivity index (χ2v) is 12.2. The van der Waals surface area contributed by atoms with Crippen LogP contribution in [0, 0.1) is 0 Å². The smallest absolute Gasteiger partial charge is 0.331 e. The fourth-order valence-corrected chi connectivity index (χ4v) is 5.11. The molecule has 0 radical (unpaired) electrons. The molecule has 3 rings (SSSR count). The van der Waals surface area contributed by atoms with E-state index < -0.39 is 95.9 Å². The average Bonchev–Trinajstić information content (AvgIpc) is 3.52. The molecule has 1 unspecified atom stereocenters. The highest BCUT2D eigenvalue weighted by atomic mass is 16.5. The summed E-state index contributed by atoms with van der Waals surface area (Å²) < 4.78 is 6.56. The van der Waals surface area contributed by atoms with Crippen LogP contribution in [0.1, 0.15) is 39.5 Å². The maximum Gasteiger partial charge on any atom is 0.331 e. The number of aliphatic carboxylic acids is 1. The van der Waals surface area contributed by atoms with Crippen molar-refractivity contribution in [1.82, 2.24) is 40.7 Å². The number of hydrogen-bond acceptors (Lipinski definition) is 11. The lowest BCUT2D eigenvalue weighted by molar-refractivity contribution is -0.139. The number of aromatic nitrogens is 3. The first-order chi connectivity index (χ1) is 24.9. The first-order valence-corrected chi connectivity index (χ1v) is 16.4. The number of benzene rings is 1. The van der Waals surface area contributed by atoms with E-state index in [-0.39, 0.29) is 6.42 Å². The average molecular weight is 744 g/mol. The molecule has 0 saturated carbocycles. The van der Waals surface area contributed by atoms with E-state index in [2.05, 4.69) is 26.3 Å². The van der Waals surface area contributed by atoms with E-state index in [1.54, 1.807) is 18.3 Å². The van der Waals surface area contributed by atoms with Gasteiger partial charge in [-0.1, -0.05) is 18.2 Å². The molecule has 0 saturated heterocycles. The van der Waals surface area contributed by atoms with E-state index in [0.717, 1.165) is 38.8 Å². The number of nitrogens with two attached hydrogens (primary N) is 1. The van der Waals surface area contributed by atoms with Crippen molar-refractivity contribution in [3.63, 3.8) is 0 Å². The molecule has 3 aromatic rings. The Hall–Kier alpha value is -5.99. The Morgan fingerprint density at radius 2 is 1.70 bits per heavy atom. The van der Waals surface area contributed by atoms with E-state index in [9.17, 15) is 48.9 Å². The quantitative estimate of drug-likeness (QED) is 0.0667. The largest absolute Gasteiger partial charge is 0.480 e. The number of nitrogens with one attached hydrogen (secondary N) is 6. The lowest BCUT2D eigenvalue weighted by Crippen LogP contribution is -2.61. The van der Waals surface area contributed by atoms with Gasteiger partial charge in [-0.2, -0.15) is 0 Å². The highest BCUT2D eigenvalue weighted by molar-refractivity contribution is 5.93. The van der Waals surface area contributed by atoms with Gasteiger partial charge >= 0.3 is 17.7 Å². The lowest BCUT2D eigenvalue weighted by atomic mass is 10.1. The Labute approximate surface area is 302 Å². The molecular weight excluding hydrogens is 698 g/mol. The summed E-state index contributed by atoms with van der Waals surface area (Å²) in [5.74, 6) is -4.18. The first-order valence-electron chi connectivity index (χ1n) is 16.4. The summed E-state index contributed by atoms with van der Waals surface area (Å²) in [5.41, 5.74) is 5.67. The van der Waals surface area contributed by atoms with Crippen LogP contribution in [-0.2, 0) is 30.3 Å². The Bertz CT molecular complexity index is 1940. The van der Waals surface area contributed by atoms with Gasteiger partial charge in [0.05, 0.1) is 18.7 Å². The molecule has 0 bridgehead atoms. The number of H-pyrrole nitrogens is 2. The summed E-state index contributed by atoms with van der Waals surface area (Å²) >= 11 is 0. The Balaban J connectivity index is 1.78. The van der Waals surface area contributed by atoms with Gasteiger partial charge in [-0.05, 0) is 39.3 Å². The molecule has 0 fully saturated rings. The molecule has 20 nitrogen and oxygen atoms in total. The van der Waals surface area contributed by atoms with Crippen LogP contribution >= 0.6 is 0 Å². The zero-order valence-corrected chi connectivity index (χ0v) is 29.7. The van der Waals surface area contributed by atoms with E-state index in [1.807, 2.05) is 17.1 Å². The number of carbonyl (C=O) groups excluding carboxylic acids is 4. The minimum absolute atomic E-state index is 0.0718. The number of carboxylic acids is 1. The second-order valence-electron chi connectivity index (χ2n) is 12.2. The first kappa shape index (κ1) is 41.4. The molecule has 2 heterocycles. The second kappa shape index (κ2) is 18.5. The summed E-state index contributed by atoms with van der Waals surface area (Å²) in [6, 6.07) is 1.00. The number of amides is 5. The van der Waals surface area contributed by atoms with Gasteiger partial charge in [-0.15, -0.1) is 0 Å². The number of aliphatic hydroxyl groups is 2. The van der Waals surface area contributed by atoms with Crippen molar-refractivity contribution in [2.45, 2.75) is 76.7 Å². The number of likely N-dealkylation sites (N-methyl/N-ethyl adjacent to an activating group) is 1. The molecular formula is C33H45N9O11. The fraction of sp³-hybridized carbons (Fsp3) is 0.424. The number of fused-ring (bicyclic) bond motifs is 1. The number of carboxylic acid groups (broad SMARTS) is 1. The Morgan fingerprint density at radius 3 is 2.32 bits per heavy atom. The number of ether oxygens (including phenoxy) is 1. The van der Waals surface area contributed by atoms with Gasteiger partial charge in [-0.3, -0.25) is 28.7 Å². The summed E-state index contributed by atoms with van der Waals surface area (Å²) in [5, 5.41) is 40.0. The predicted molar refractivity (Wildman–Crippen MR) is 189 cm³/mol. The number of aliphatic hydroxyl groups excluding tert-OH is 2. The monoisotopic (exact) mass is 743 g/mol. The SMILES string of the molecule is CC(O/C(=C\NC(=O)[C@@H](NC(=O)[C@H](C)NC(=O)N[C@@H](Cc1c[nH]c2ccccc12)C(=O)O)[C@H](C)N(C)C(=O)[C@H](C)N)[C@H](O)CO)n1ccc(=O)[nH]c1=O. The van der Waals surface area contributed by atoms with Crippen molar-refractivity contribution in [1.29, 1.82) is 0 Å². The predicted octanol–water partition coefficient (Wildman–Crippen LogP) is -2.07. The molecule has 2 aromatic heterocycles. The molecule has 7 atom stereocenters. The van der Waals surface area contributed by atoms with Gasteiger partial charge < -0.3 is 56.9 Å². The van der Waals surface area contributed by atoms with Gasteiger partial charge in [0, 0.05) is 49.0 Å². The maximum absolute atomic E-state index is 13.6. The third-order valence-electron chi connectivity index (χ3n) is 8.26. The number of urea groups is 1. The van der Waals surface area contributed by atoms with E-state index in [0.29, 0.717) is 5.56 Å². The van der Waals surface area contributed by atoms with Crippen molar-refractivity contribution in [3.05, 3.63) is 81.1 Å². The molecule has 5 amide bonds. The van der Waals surface area contributed by atoms with E-state index >= 15 is 0 Å². The van der Waals surface area contributed by atoms with Crippen LogP contribution in [-0.4, -0.2) is 114 Å². The third-order valence-corrected chi connectivity index (χ3v) is 8.26. The molecule has 20 heteroatoms. The van der Waals surface area contributed by atoms with E-state index in [1.165, 1.54) is 34.7 Å². The minimum Gasteiger partial charge on any atom is -0.480 e. The van der Waals surface area contributed by atoms with Crippen LogP contribution in [0.4, 0.5) is 4.79 Å². The molecule has 11 N–H and O–H groups in total. The van der Waals surface area contributed by atoms with Gasteiger partial charge in [0.15, 0.2) is 6.23 Å². The number of carbonyl (C=O) groups is 5. The molecule has 288 valence electrons. The number of para-hydroxylation sites is 1. The maximum atomic E-state index is 13.6. The highest BCUT2D eigenvalue weighted by Crippen LogP contribution is 2.19. The van der Waals surface area contributed by atoms with Crippen LogP contribution in [0.3, 0.4) is 0 Å². The summed E-state index contributed by atoms with van der Waals surface area (Å²) in [6.07, 6.45) is 0.722. The van der Waals surface area contributed by atoms with Crippen LogP contribution in [0.2, 0.25) is 0 Å². The van der Waals surface area contributed by atoms with Crippen molar-refractivity contribution in [3.8, 4) is 0 Å². The highest BCUT2D eigenvalue weighted by Gasteiger charge is 2.34. The normalized spacial score (nSPS) is 15.5. The van der Waals surface area contributed by atoms with Crippen molar-refractivity contribution in [2.75, 3.05) is 13.7 Å². The van der Waals surface area contributed by atoms with Gasteiger partial charge in [0.2, 0.25) is 17.7 Å². The van der Waals surface area contributed by atoms with Crippen molar-refractivity contribution in [2.24, 2.45) is 5.73 Å². The van der Waals surface area contributed by atoms with Gasteiger partial charge in [-0.25, -0.2) is 14.4 Å². The molecule has 53 heavy (non-hydrogen) atoms. The zero-order chi connectivity index (χ0) is 39.6. The molecule has 0 spiro atoms. The number of nitrogens with zero attached hydrogens (tertiary/aromatic N) is 2. The third kappa shape index (κ3) is 11.0. The summed E-state index contributed by atoms with van der Waals surface area (Å²) in [7, 11) is 1.35. The molecule has 0 aliphatic carbocycles. The lowest BCUT2D eigenvalue weighted by Gasteiger charge is -2.33. The molecule has 0 aliphatic rings. The molecule has 0 aliphatic heterocycles. The zero-order valence-electron chi connectivity index (χ0n) is 29.7. The summed E-state index contributed by atoms with van der Waals surface area (Å²) in [6.45, 7) is 4.65. The topological polar surface area (TPSA) is 303 Å². The molecule has 1 aromatic carbocycles. The van der Waals surface area contributed by atoms with E-state index in [4.69, 9.17) is 10.5 Å². The summed E-state index contributed by atoms with van der Waals surface area (Å²) in [4.78, 5) is 94.4. The Kier molecular flexibility index (Phi) is 14.5. The van der Waals surface area contributed by atoms with Crippen LogP contribution in [0.5, 0.6) is 0 Å². The van der Waals surface area contributed by atoms with Crippen molar-refractivity contribution >= 4 is 40.6 Å². The number of hydrogen-bond donors (Lipinski definition) is 10. The standard InChI is InChI=1S/C33H45N9O11/c1-16(34)30(48)41(5)18(3)27(29(47)36-14-25(24(44)15-43)53-19(4)42-11-10-26(45)39-33(42)52)40-28(46)17(2)37-32(51)38-23(31(49)50)12-20-13-35-22-9-7-6-8-21(20)22/h6-11,13-14,16-19,23-24,27,35,43-44H,12,15,34H2,1-5H3,(H,36,47)(H,40,46)(H,49,50)(H2,37,38,51)(H,39,45,52)/b25-14-/t16-,17-,18-,19?,23-,24+,27-/m0/s1. The number of aromatic amines is 2. The van der Waals surface area contributed by atoms with Gasteiger partial charge in [0.25, 0.3) is 5.56 Å². The van der Waals surface area contributed by atoms with Crippen molar-refractivity contribution < 1.29 is 44.0 Å². The number of rotatable bonds is 17. The fourth-order valence-electron chi connectivity index (χ4n) is 5.11. The van der Waals surface area contributed by atoms with Crippen LogP contribution in [0.15, 0.2) is 64.3 Å². The minimum atomic E-state index is -1.70.